The molecule has 2 amide bonds. The van der Waals surface area contributed by atoms with Crippen LogP contribution in [0.2, 0.25) is 0 Å². The molecule has 1 aliphatic heterocycles. The van der Waals surface area contributed by atoms with Crippen LogP contribution < -0.4 is 11.1 Å². The van der Waals surface area contributed by atoms with Crippen LogP contribution in [0, 0.1) is 5.92 Å². The number of nitrogens with two attached hydrogens (primary N) is 1. The Labute approximate surface area is 96.4 Å². The van der Waals surface area contributed by atoms with Crippen molar-refractivity contribution in [3.8, 4) is 0 Å². The van der Waals surface area contributed by atoms with Gasteiger partial charge in [-0.2, -0.15) is 0 Å². The van der Waals surface area contributed by atoms with E-state index in [-0.39, 0.29) is 11.8 Å². The second-order valence-electron chi connectivity index (χ2n) is 4.74. The van der Waals surface area contributed by atoms with Gasteiger partial charge in [0, 0.05) is 13.1 Å². The summed E-state index contributed by atoms with van der Waals surface area (Å²) in [6.45, 7) is 7.02. The smallest absolute Gasteiger partial charge is 0.242 e. The number of nitrogens with zero attached hydrogens (tertiary/aromatic N) is 1. The standard InChI is InChI=1S/C11H21N3O2/c1-7(2)6-13-10(15)8(3)14-5-4-9(12)11(14)16/h7-9H,4-6,12H2,1-3H3,(H,13,15). The Morgan fingerprint density at radius 2 is 2.19 bits per heavy atom. The first-order valence-corrected chi connectivity index (χ1v) is 5.77. The van der Waals surface area contributed by atoms with Crippen LogP contribution in [0.4, 0.5) is 0 Å². The quantitative estimate of drug-likeness (QED) is 0.693. The molecule has 0 saturated carbocycles. The Bertz CT molecular complexity index is 278. The average molecular weight is 227 g/mol. The van der Waals surface area contributed by atoms with Gasteiger partial charge in [0.25, 0.3) is 0 Å². The van der Waals surface area contributed by atoms with E-state index in [0.717, 1.165) is 0 Å². The lowest BCUT2D eigenvalue weighted by molar-refractivity contribution is -0.137. The highest BCUT2D eigenvalue weighted by molar-refractivity contribution is 5.90. The number of amides is 2. The molecule has 0 bridgehead atoms. The summed E-state index contributed by atoms with van der Waals surface area (Å²) in [6.07, 6.45) is 0.640. The van der Waals surface area contributed by atoms with Crippen LogP contribution in [0.25, 0.3) is 0 Å². The topological polar surface area (TPSA) is 75.4 Å². The summed E-state index contributed by atoms with van der Waals surface area (Å²) in [5.41, 5.74) is 5.61. The molecule has 16 heavy (non-hydrogen) atoms. The van der Waals surface area contributed by atoms with Gasteiger partial charge < -0.3 is 16.0 Å². The molecular formula is C11H21N3O2. The molecule has 0 aromatic rings. The predicted octanol–water partition coefficient (Wildman–Crippen LogP) is -0.293. The third-order valence-corrected chi connectivity index (χ3v) is 2.81. The van der Waals surface area contributed by atoms with E-state index in [9.17, 15) is 9.59 Å². The van der Waals surface area contributed by atoms with Gasteiger partial charge in [-0.05, 0) is 19.3 Å². The SMILES string of the molecule is CC(C)CNC(=O)C(C)N1CCC(N)C1=O. The molecule has 5 nitrogen and oxygen atoms in total. The first kappa shape index (κ1) is 13.0. The average Bonchev–Trinajstić information content (AvgIpc) is 2.55. The fourth-order valence-corrected chi connectivity index (χ4v) is 1.70. The molecule has 92 valence electrons. The van der Waals surface area contributed by atoms with E-state index in [1.54, 1.807) is 11.8 Å². The molecule has 3 N–H and O–H groups in total. The fourth-order valence-electron chi connectivity index (χ4n) is 1.70. The highest BCUT2D eigenvalue weighted by Crippen LogP contribution is 2.12. The molecule has 0 aliphatic carbocycles. The molecule has 1 rings (SSSR count). The second kappa shape index (κ2) is 5.30. The van der Waals surface area contributed by atoms with E-state index in [0.29, 0.717) is 25.4 Å². The maximum atomic E-state index is 11.7. The Morgan fingerprint density at radius 3 is 2.62 bits per heavy atom. The largest absolute Gasteiger partial charge is 0.354 e. The van der Waals surface area contributed by atoms with Crippen molar-refractivity contribution >= 4 is 11.8 Å². The molecule has 0 aromatic carbocycles. The van der Waals surface area contributed by atoms with Gasteiger partial charge in [-0.15, -0.1) is 0 Å². The van der Waals surface area contributed by atoms with Crippen molar-refractivity contribution in [2.24, 2.45) is 11.7 Å². The minimum Gasteiger partial charge on any atom is -0.354 e. The summed E-state index contributed by atoms with van der Waals surface area (Å²) >= 11 is 0. The van der Waals surface area contributed by atoms with Gasteiger partial charge in [-0.3, -0.25) is 9.59 Å². The summed E-state index contributed by atoms with van der Waals surface area (Å²) in [5, 5.41) is 2.82. The Hall–Kier alpha value is -1.10. The lowest BCUT2D eigenvalue weighted by Crippen LogP contribution is -2.48. The highest BCUT2D eigenvalue weighted by Gasteiger charge is 2.34. The van der Waals surface area contributed by atoms with Crippen LogP contribution in [0.15, 0.2) is 0 Å². The Balaban J connectivity index is 2.48. The Morgan fingerprint density at radius 1 is 1.56 bits per heavy atom. The molecule has 1 saturated heterocycles. The lowest BCUT2D eigenvalue weighted by atomic mass is 10.2. The molecule has 5 heteroatoms. The molecule has 0 radical (unpaired) electrons. The maximum Gasteiger partial charge on any atom is 0.242 e. The normalized spacial score (nSPS) is 22.7. The van der Waals surface area contributed by atoms with Crippen LogP contribution in [-0.4, -0.2) is 41.9 Å². The van der Waals surface area contributed by atoms with Gasteiger partial charge in [-0.1, -0.05) is 13.8 Å². The third kappa shape index (κ3) is 2.95. The second-order valence-corrected chi connectivity index (χ2v) is 4.74. The van der Waals surface area contributed by atoms with Gasteiger partial charge in [0.15, 0.2) is 0 Å². The van der Waals surface area contributed by atoms with Crippen molar-refractivity contribution in [2.75, 3.05) is 13.1 Å². The van der Waals surface area contributed by atoms with Crippen LogP contribution >= 0.6 is 0 Å². The van der Waals surface area contributed by atoms with Gasteiger partial charge in [0.1, 0.15) is 6.04 Å². The van der Waals surface area contributed by atoms with Crippen LogP contribution in [-0.2, 0) is 9.59 Å². The molecule has 0 aromatic heterocycles. The molecule has 1 aliphatic rings. The van der Waals surface area contributed by atoms with Crippen molar-refractivity contribution in [1.29, 1.82) is 0 Å². The van der Waals surface area contributed by atoms with Gasteiger partial charge in [0.05, 0.1) is 6.04 Å². The van der Waals surface area contributed by atoms with Crippen molar-refractivity contribution in [1.82, 2.24) is 10.2 Å². The lowest BCUT2D eigenvalue weighted by Gasteiger charge is -2.24. The van der Waals surface area contributed by atoms with E-state index in [1.807, 2.05) is 13.8 Å². The van der Waals surface area contributed by atoms with Crippen molar-refractivity contribution in [2.45, 2.75) is 39.3 Å². The van der Waals surface area contributed by atoms with Crippen molar-refractivity contribution < 1.29 is 9.59 Å². The number of hydrogen-bond acceptors (Lipinski definition) is 3. The molecule has 2 unspecified atom stereocenters. The Kier molecular flexibility index (Phi) is 4.29. The first-order valence-electron chi connectivity index (χ1n) is 5.77. The van der Waals surface area contributed by atoms with Crippen molar-refractivity contribution in [3.63, 3.8) is 0 Å². The number of carbonyl (C=O) groups is 2. The minimum atomic E-state index is -0.430. The van der Waals surface area contributed by atoms with Gasteiger partial charge in [0.2, 0.25) is 11.8 Å². The summed E-state index contributed by atoms with van der Waals surface area (Å²) in [7, 11) is 0. The first-order chi connectivity index (χ1) is 7.43. The summed E-state index contributed by atoms with van der Waals surface area (Å²) in [5.74, 6) is 0.191. The molecule has 1 fully saturated rings. The van der Waals surface area contributed by atoms with Gasteiger partial charge >= 0.3 is 0 Å². The van der Waals surface area contributed by atoms with Crippen LogP contribution in [0.1, 0.15) is 27.2 Å². The summed E-state index contributed by atoms with van der Waals surface area (Å²) in [4.78, 5) is 24.9. The van der Waals surface area contributed by atoms with E-state index < -0.39 is 12.1 Å². The van der Waals surface area contributed by atoms with E-state index >= 15 is 0 Å². The number of carbonyl (C=O) groups excluding carboxylic acids is 2. The predicted molar refractivity (Wildman–Crippen MR) is 61.6 cm³/mol. The van der Waals surface area contributed by atoms with Crippen molar-refractivity contribution in [3.05, 3.63) is 0 Å². The number of hydrogen-bond donors (Lipinski definition) is 2. The minimum absolute atomic E-state index is 0.101. The molecular weight excluding hydrogens is 206 g/mol. The van der Waals surface area contributed by atoms with Crippen LogP contribution in [0.5, 0.6) is 0 Å². The van der Waals surface area contributed by atoms with Crippen LogP contribution in [0.3, 0.4) is 0 Å². The fraction of sp³-hybridized carbons (Fsp3) is 0.818. The zero-order chi connectivity index (χ0) is 12.3. The van der Waals surface area contributed by atoms with E-state index in [4.69, 9.17) is 5.73 Å². The molecule has 2 atom stereocenters. The zero-order valence-corrected chi connectivity index (χ0v) is 10.2. The summed E-state index contributed by atoms with van der Waals surface area (Å²) < 4.78 is 0. The highest BCUT2D eigenvalue weighted by atomic mass is 16.2. The molecule has 0 spiro atoms. The monoisotopic (exact) mass is 227 g/mol. The van der Waals surface area contributed by atoms with Gasteiger partial charge in [-0.25, -0.2) is 0 Å². The van der Waals surface area contributed by atoms with E-state index in [2.05, 4.69) is 5.32 Å². The third-order valence-electron chi connectivity index (χ3n) is 2.81. The van der Waals surface area contributed by atoms with E-state index in [1.165, 1.54) is 0 Å². The summed E-state index contributed by atoms with van der Waals surface area (Å²) in [6, 6.07) is -0.847. The number of nitrogens with one attached hydrogen (secondary N) is 1. The molecule has 1 heterocycles. The maximum absolute atomic E-state index is 11.7. The number of rotatable bonds is 4. The number of likely N-dealkylation sites (tertiary alicyclic amines) is 1. The zero-order valence-electron chi connectivity index (χ0n) is 10.2.